The summed E-state index contributed by atoms with van der Waals surface area (Å²) in [6.45, 7) is 0. The molecule has 51 heavy (non-hydrogen) atoms. The topological polar surface area (TPSA) is 34.4 Å². The van der Waals surface area contributed by atoms with Crippen molar-refractivity contribution in [1.29, 1.82) is 0 Å². The summed E-state index contributed by atoms with van der Waals surface area (Å²) in [5, 5.41) is 14.5. The number of para-hydroxylation sites is 3. The Morgan fingerprint density at radius 1 is 0.412 bits per heavy atom. The molecule has 0 N–H and O–H groups in total. The Kier molecular flexibility index (Phi) is 5.94. The van der Waals surface area contributed by atoms with Crippen LogP contribution < -0.4 is 15.9 Å². The Morgan fingerprint density at radius 3 is 1.80 bits per heavy atom. The third kappa shape index (κ3) is 4.01. The van der Waals surface area contributed by atoms with Crippen molar-refractivity contribution in [3.8, 4) is 0 Å². The van der Waals surface area contributed by atoms with Crippen molar-refractivity contribution >= 4 is 105 Å². The molecule has 1 unspecified atom stereocenters. The fourth-order valence-corrected chi connectivity index (χ4v) is 11.3. The molecule has 0 aliphatic carbocycles. The van der Waals surface area contributed by atoms with E-state index in [0.717, 1.165) is 92.0 Å². The smallest absolute Gasteiger partial charge is 0.171 e. The largest absolute Gasteiger partial charge is 0.309 e. The van der Waals surface area contributed by atoms with Crippen molar-refractivity contribution in [2.45, 2.75) is 0 Å². The van der Waals surface area contributed by atoms with E-state index in [1.807, 2.05) is 6.07 Å². The second kappa shape index (κ2) is 10.6. The summed E-state index contributed by atoms with van der Waals surface area (Å²) in [6.07, 6.45) is 0. The number of rotatable bonds is 3. The SMILES string of the molecule is O=P(c1ccc2ccccc2c1)(c1ccc2ccc3ccccc3c2c1)c1cc2c(c3ccccc13)c1ccccc1n1c3ccccc3nc21. The lowest BCUT2D eigenvalue weighted by Gasteiger charge is -2.24. The van der Waals surface area contributed by atoms with E-state index in [2.05, 4.69) is 174 Å². The predicted molar refractivity (Wildman–Crippen MR) is 217 cm³/mol. The van der Waals surface area contributed by atoms with Crippen LogP contribution in [0.4, 0.5) is 0 Å². The lowest BCUT2D eigenvalue weighted by atomic mass is 9.99. The Balaban J connectivity index is 1.34. The summed E-state index contributed by atoms with van der Waals surface area (Å²) < 4.78 is 19.1. The van der Waals surface area contributed by atoms with Crippen LogP contribution in [0.5, 0.6) is 0 Å². The number of imidazole rings is 1. The van der Waals surface area contributed by atoms with Gasteiger partial charge in [-0.05, 0) is 79.5 Å². The standard InChI is InChI=1S/C47H29N2OP/c50-51(34-25-23-30-11-1-2-13-33(30)27-34,35-26-24-32-22-21-31-12-3-4-14-36(31)40(32)28-35)45-29-41-46(38-16-6-5-15-37(38)45)39-17-7-9-19-43(39)49-44-20-10-8-18-42(44)48-47(41)49/h1-29H. The van der Waals surface area contributed by atoms with Crippen molar-refractivity contribution in [1.82, 2.24) is 9.38 Å². The second-order valence-corrected chi connectivity index (χ2v) is 16.2. The lowest BCUT2D eigenvalue weighted by Crippen LogP contribution is -2.26. The first-order valence-electron chi connectivity index (χ1n) is 17.3. The van der Waals surface area contributed by atoms with Gasteiger partial charge in [0.2, 0.25) is 0 Å². The zero-order valence-electron chi connectivity index (χ0n) is 27.5. The van der Waals surface area contributed by atoms with Crippen molar-refractivity contribution in [3.05, 3.63) is 176 Å². The summed E-state index contributed by atoms with van der Waals surface area (Å²) in [5.41, 5.74) is 3.96. The van der Waals surface area contributed by atoms with E-state index in [1.165, 1.54) is 5.39 Å². The van der Waals surface area contributed by atoms with Gasteiger partial charge in [0.15, 0.2) is 7.14 Å². The predicted octanol–water partition coefficient (Wildman–Crippen LogP) is 11.0. The van der Waals surface area contributed by atoms with Crippen LogP contribution in [0.3, 0.4) is 0 Å². The van der Waals surface area contributed by atoms with Gasteiger partial charge in [-0.1, -0.05) is 140 Å². The van der Waals surface area contributed by atoms with E-state index in [0.29, 0.717) is 0 Å². The van der Waals surface area contributed by atoms with Crippen molar-refractivity contribution in [2.75, 3.05) is 0 Å². The molecule has 0 radical (unpaired) electrons. The summed E-state index contributed by atoms with van der Waals surface area (Å²) in [6, 6.07) is 61.5. The van der Waals surface area contributed by atoms with Crippen LogP contribution in [0.25, 0.3) is 81.4 Å². The molecule has 0 amide bonds. The van der Waals surface area contributed by atoms with Gasteiger partial charge in [0, 0.05) is 32.1 Å². The summed E-state index contributed by atoms with van der Waals surface area (Å²) in [5.74, 6) is 0. The van der Waals surface area contributed by atoms with Crippen LogP contribution in [0, 0.1) is 0 Å². The molecule has 2 aromatic heterocycles. The Morgan fingerprint density at radius 2 is 0.980 bits per heavy atom. The highest BCUT2D eigenvalue weighted by Gasteiger charge is 2.33. The molecule has 0 saturated carbocycles. The number of hydrogen-bond acceptors (Lipinski definition) is 2. The summed E-state index contributed by atoms with van der Waals surface area (Å²) in [4.78, 5) is 5.26. The molecule has 0 bridgehead atoms. The Bertz CT molecular complexity index is 3300. The van der Waals surface area contributed by atoms with Gasteiger partial charge in [-0.3, -0.25) is 4.40 Å². The fraction of sp³-hybridized carbons (Fsp3) is 0. The van der Waals surface area contributed by atoms with Gasteiger partial charge >= 0.3 is 0 Å². The molecule has 9 aromatic carbocycles. The maximum absolute atomic E-state index is 16.8. The lowest BCUT2D eigenvalue weighted by molar-refractivity contribution is 0.592. The van der Waals surface area contributed by atoms with Crippen LogP contribution in [0.2, 0.25) is 0 Å². The molecular weight excluding hydrogens is 640 g/mol. The average molecular weight is 669 g/mol. The third-order valence-corrected chi connectivity index (χ3v) is 13.8. The van der Waals surface area contributed by atoms with Gasteiger partial charge in [0.25, 0.3) is 0 Å². The fourth-order valence-electron chi connectivity index (χ4n) is 8.40. The first kappa shape index (κ1) is 28.5. The molecule has 11 rings (SSSR count). The number of benzene rings is 9. The van der Waals surface area contributed by atoms with Crippen molar-refractivity contribution in [3.63, 3.8) is 0 Å². The normalized spacial score (nSPS) is 13.3. The first-order chi connectivity index (χ1) is 25.2. The number of fused-ring (bicyclic) bond motifs is 14. The van der Waals surface area contributed by atoms with E-state index in [1.54, 1.807) is 0 Å². The Labute approximate surface area is 293 Å². The molecule has 1 atom stereocenters. The van der Waals surface area contributed by atoms with Gasteiger partial charge in [0.1, 0.15) is 5.65 Å². The van der Waals surface area contributed by atoms with E-state index >= 15 is 4.57 Å². The molecule has 0 saturated heterocycles. The zero-order chi connectivity index (χ0) is 33.7. The maximum atomic E-state index is 16.8. The van der Waals surface area contributed by atoms with E-state index in [9.17, 15) is 0 Å². The first-order valence-corrected chi connectivity index (χ1v) is 19.0. The average Bonchev–Trinajstić information content (AvgIpc) is 3.60. The van der Waals surface area contributed by atoms with Gasteiger partial charge < -0.3 is 4.57 Å². The molecule has 2 heterocycles. The summed E-state index contributed by atoms with van der Waals surface area (Å²) >= 11 is 0. The minimum Gasteiger partial charge on any atom is -0.309 e. The van der Waals surface area contributed by atoms with Gasteiger partial charge in [0.05, 0.1) is 16.6 Å². The third-order valence-electron chi connectivity index (χ3n) is 10.8. The van der Waals surface area contributed by atoms with Crippen LogP contribution >= 0.6 is 7.14 Å². The van der Waals surface area contributed by atoms with Gasteiger partial charge in [-0.15, -0.1) is 0 Å². The van der Waals surface area contributed by atoms with Crippen molar-refractivity contribution < 1.29 is 4.57 Å². The highest BCUT2D eigenvalue weighted by atomic mass is 31.2. The molecule has 0 spiro atoms. The molecular formula is C47H29N2OP. The molecule has 238 valence electrons. The molecule has 3 nitrogen and oxygen atoms in total. The molecule has 11 aromatic rings. The van der Waals surface area contributed by atoms with Gasteiger partial charge in [-0.2, -0.15) is 0 Å². The summed E-state index contributed by atoms with van der Waals surface area (Å²) in [7, 11) is -3.52. The monoisotopic (exact) mass is 668 g/mol. The van der Waals surface area contributed by atoms with Gasteiger partial charge in [-0.25, -0.2) is 4.98 Å². The highest BCUT2D eigenvalue weighted by Crippen LogP contribution is 2.48. The number of hydrogen-bond donors (Lipinski definition) is 0. The molecule has 0 aliphatic heterocycles. The van der Waals surface area contributed by atoms with Crippen LogP contribution in [-0.2, 0) is 4.57 Å². The number of nitrogens with zero attached hydrogens (tertiary/aromatic N) is 2. The van der Waals surface area contributed by atoms with Crippen LogP contribution in [-0.4, -0.2) is 9.38 Å². The van der Waals surface area contributed by atoms with E-state index in [-0.39, 0.29) is 0 Å². The number of pyridine rings is 1. The van der Waals surface area contributed by atoms with E-state index < -0.39 is 7.14 Å². The van der Waals surface area contributed by atoms with Crippen LogP contribution in [0.15, 0.2) is 176 Å². The molecule has 0 fully saturated rings. The van der Waals surface area contributed by atoms with E-state index in [4.69, 9.17) is 4.98 Å². The zero-order valence-corrected chi connectivity index (χ0v) is 28.4. The maximum Gasteiger partial charge on any atom is 0.171 e. The minimum absolute atomic E-state index is 0.815. The quantitative estimate of drug-likeness (QED) is 0.139. The molecule has 0 aliphatic rings. The van der Waals surface area contributed by atoms with Crippen molar-refractivity contribution in [2.24, 2.45) is 0 Å². The highest BCUT2D eigenvalue weighted by molar-refractivity contribution is 7.85. The second-order valence-electron chi connectivity index (χ2n) is 13.5. The molecule has 4 heteroatoms. The number of aromatic nitrogens is 2. The van der Waals surface area contributed by atoms with Crippen LogP contribution in [0.1, 0.15) is 0 Å². The minimum atomic E-state index is -3.52. The Hall–Kier alpha value is -6.28.